The van der Waals surface area contributed by atoms with Crippen molar-refractivity contribution < 1.29 is 9.47 Å². The summed E-state index contributed by atoms with van der Waals surface area (Å²) in [4.78, 5) is 4.34. The van der Waals surface area contributed by atoms with E-state index in [0.717, 1.165) is 11.3 Å². The smallest absolute Gasteiger partial charge is 0.162 e. The zero-order valence-corrected chi connectivity index (χ0v) is 9.99. The van der Waals surface area contributed by atoms with Crippen LogP contribution < -0.4 is 5.73 Å². The highest BCUT2D eigenvalue weighted by atomic mass is 16.7. The molecule has 16 heavy (non-hydrogen) atoms. The Balaban J connectivity index is 2.18. The van der Waals surface area contributed by atoms with Gasteiger partial charge in [-0.1, -0.05) is 6.07 Å². The highest BCUT2D eigenvalue weighted by Gasteiger charge is 2.39. The fraction of sp³-hybridized carbons (Fsp3) is 0.583. The predicted octanol–water partition coefficient (Wildman–Crippen LogP) is 1.33. The van der Waals surface area contributed by atoms with Gasteiger partial charge in [0.05, 0.1) is 18.9 Å². The van der Waals surface area contributed by atoms with Crippen LogP contribution in [0.3, 0.4) is 0 Å². The van der Waals surface area contributed by atoms with E-state index in [0.29, 0.717) is 13.2 Å². The van der Waals surface area contributed by atoms with Gasteiger partial charge in [0.15, 0.2) is 5.79 Å². The summed E-state index contributed by atoms with van der Waals surface area (Å²) in [6.07, 6.45) is 1.81. The average Bonchev–Trinajstić information content (AvgIpc) is 2.24. The minimum atomic E-state index is -0.636. The molecule has 0 spiro atoms. The highest BCUT2D eigenvalue weighted by Crippen LogP contribution is 2.27. The van der Waals surface area contributed by atoms with Gasteiger partial charge >= 0.3 is 0 Å². The predicted molar refractivity (Wildman–Crippen MR) is 60.8 cm³/mol. The number of hydrogen-bond donors (Lipinski definition) is 1. The molecule has 88 valence electrons. The van der Waals surface area contributed by atoms with Crippen LogP contribution in [0.4, 0.5) is 0 Å². The molecule has 0 unspecified atom stereocenters. The van der Waals surface area contributed by atoms with Crippen molar-refractivity contribution in [1.82, 2.24) is 4.98 Å². The van der Waals surface area contributed by atoms with Crippen LogP contribution in [0.25, 0.3) is 0 Å². The van der Waals surface area contributed by atoms with Gasteiger partial charge in [-0.2, -0.15) is 0 Å². The van der Waals surface area contributed by atoms with E-state index in [1.165, 1.54) is 0 Å². The first-order valence-electron chi connectivity index (χ1n) is 5.41. The molecule has 1 fully saturated rings. The third kappa shape index (κ3) is 2.24. The van der Waals surface area contributed by atoms with E-state index >= 15 is 0 Å². The fourth-order valence-electron chi connectivity index (χ4n) is 1.60. The lowest BCUT2D eigenvalue weighted by Crippen LogP contribution is -2.55. The Bertz CT molecular complexity index is 363. The normalized spacial score (nSPS) is 23.0. The molecule has 2 N–H and O–H groups in total. The number of aryl methyl sites for hydroxylation is 1. The lowest BCUT2D eigenvalue weighted by molar-refractivity contribution is -0.269. The summed E-state index contributed by atoms with van der Waals surface area (Å²) in [5.41, 5.74) is 7.53. The van der Waals surface area contributed by atoms with E-state index in [9.17, 15) is 0 Å². The fourth-order valence-corrected chi connectivity index (χ4v) is 1.60. The van der Waals surface area contributed by atoms with Crippen molar-refractivity contribution in [2.24, 2.45) is 5.73 Å². The molecule has 1 aromatic heterocycles. The second kappa shape index (κ2) is 3.80. The third-order valence-corrected chi connectivity index (χ3v) is 2.78. The quantitative estimate of drug-likeness (QED) is 0.778. The van der Waals surface area contributed by atoms with Crippen molar-refractivity contribution >= 4 is 0 Å². The summed E-state index contributed by atoms with van der Waals surface area (Å²) in [5.74, 6) is -0.548. The van der Waals surface area contributed by atoms with Gasteiger partial charge in [-0.05, 0) is 32.4 Å². The zero-order chi connectivity index (χ0) is 11.8. The number of ether oxygens (including phenoxy) is 2. The van der Waals surface area contributed by atoms with Gasteiger partial charge in [-0.15, -0.1) is 0 Å². The van der Waals surface area contributed by atoms with Gasteiger partial charge in [-0.25, -0.2) is 0 Å². The molecule has 4 nitrogen and oxygen atoms in total. The first-order valence-corrected chi connectivity index (χ1v) is 5.41. The minimum Gasteiger partial charge on any atom is -0.348 e. The van der Waals surface area contributed by atoms with Crippen molar-refractivity contribution in [3.63, 3.8) is 0 Å². The summed E-state index contributed by atoms with van der Waals surface area (Å²) in [6, 6.07) is 3.93. The number of rotatable bonds is 1. The van der Waals surface area contributed by atoms with Crippen LogP contribution in [0.1, 0.15) is 25.1 Å². The van der Waals surface area contributed by atoms with Crippen molar-refractivity contribution in [2.75, 3.05) is 13.2 Å². The molecule has 0 saturated carbocycles. The molecule has 0 bridgehead atoms. The second-order valence-corrected chi connectivity index (χ2v) is 4.85. The van der Waals surface area contributed by atoms with Gasteiger partial charge in [-0.3, -0.25) is 4.98 Å². The Kier molecular flexibility index (Phi) is 2.74. The Hall–Kier alpha value is -0.970. The molecule has 0 aromatic carbocycles. The summed E-state index contributed by atoms with van der Waals surface area (Å²) >= 11 is 0. The molecular formula is C12H18N2O2. The monoisotopic (exact) mass is 222 g/mol. The maximum Gasteiger partial charge on any atom is 0.162 e. The maximum absolute atomic E-state index is 6.24. The standard InChI is InChI=1S/C12H18N2O2/c1-9-4-5-10(14-6-9)12(13)7-15-11(2,3)16-8-12/h4-6H,7-8,13H2,1-3H3. The van der Waals surface area contributed by atoms with Gasteiger partial charge < -0.3 is 15.2 Å². The van der Waals surface area contributed by atoms with Crippen molar-refractivity contribution in [2.45, 2.75) is 32.1 Å². The lowest BCUT2D eigenvalue weighted by Gasteiger charge is -2.40. The average molecular weight is 222 g/mol. The molecule has 2 rings (SSSR count). The van der Waals surface area contributed by atoms with Gasteiger partial charge in [0, 0.05) is 6.20 Å². The molecular weight excluding hydrogens is 204 g/mol. The van der Waals surface area contributed by atoms with E-state index in [4.69, 9.17) is 15.2 Å². The summed E-state index contributed by atoms with van der Waals surface area (Å²) in [5, 5.41) is 0. The molecule has 0 aliphatic carbocycles. The highest BCUT2D eigenvalue weighted by molar-refractivity contribution is 5.20. The number of nitrogens with zero attached hydrogens (tertiary/aromatic N) is 1. The van der Waals surface area contributed by atoms with Crippen LogP contribution in [-0.4, -0.2) is 24.0 Å². The maximum atomic E-state index is 6.24. The molecule has 0 radical (unpaired) electrons. The van der Waals surface area contributed by atoms with E-state index in [1.54, 1.807) is 0 Å². The third-order valence-electron chi connectivity index (χ3n) is 2.78. The molecule has 0 amide bonds. The Labute approximate surface area is 95.8 Å². The molecule has 1 aromatic rings. The van der Waals surface area contributed by atoms with Crippen LogP contribution in [0, 0.1) is 6.92 Å². The van der Waals surface area contributed by atoms with Gasteiger partial charge in [0.2, 0.25) is 0 Å². The summed E-state index contributed by atoms with van der Waals surface area (Å²) < 4.78 is 11.2. The summed E-state index contributed by atoms with van der Waals surface area (Å²) in [6.45, 7) is 6.62. The Morgan fingerprint density at radius 2 is 1.88 bits per heavy atom. The summed E-state index contributed by atoms with van der Waals surface area (Å²) in [7, 11) is 0. The van der Waals surface area contributed by atoms with Gasteiger partial charge in [0.25, 0.3) is 0 Å². The van der Waals surface area contributed by atoms with Crippen molar-refractivity contribution in [1.29, 1.82) is 0 Å². The lowest BCUT2D eigenvalue weighted by atomic mass is 9.96. The van der Waals surface area contributed by atoms with Crippen LogP contribution in [0.5, 0.6) is 0 Å². The molecule has 0 atom stereocenters. The molecule has 4 heteroatoms. The first-order chi connectivity index (χ1) is 7.41. The van der Waals surface area contributed by atoms with Gasteiger partial charge in [0.1, 0.15) is 5.54 Å². The number of aromatic nitrogens is 1. The second-order valence-electron chi connectivity index (χ2n) is 4.85. The zero-order valence-electron chi connectivity index (χ0n) is 9.99. The largest absolute Gasteiger partial charge is 0.348 e. The molecule has 1 aliphatic rings. The van der Waals surface area contributed by atoms with Crippen LogP contribution in [0.15, 0.2) is 18.3 Å². The van der Waals surface area contributed by atoms with E-state index < -0.39 is 11.3 Å². The molecule has 1 saturated heterocycles. The van der Waals surface area contributed by atoms with Crippen molar-refractivity contribution in [3.05, 3.63) is 29.6 Å². The van der Waals surface area contributed by atoms with Crippen LogP contribution >= 0.6 is 0 Å². The van der Waals surface area contributed by atoms with Crippen molar-refractivity contribution in [3.8, 4) is 0 Å². The Morgan fingerprint density at radius 3 is 2.38 bits per heavy atom. The first kappa shape index (κ1) is 11.5. The van der Waals surface area contributed by atoms with E-state index in [1.807, 2.05) is 39.1 Å². The topological polar surface area (TPSA) is 57.4 Å². The van der Waals surface area contributed by atoms with E-state index in [2.05, 4.69) is 4.98 Å². The number of hydrogen-bond acceptors (Lipinski definition) is 4. The van der Waals surface area contributed by atoms with E-state index in [-0.39, 0.29) is 0 Å². The minimum absolute atomic E-state index is 0.427. The van der Waals surface area contributed by atoms with Crippen LogP contribution in [-0.2, 0) is 15.0 Å². The number of pyridine rings is 1. The Morgan fingerprint density at radius 1 is 1.25 bits per heavy atom. The SMILES string of the molecule is Cc1ccc(C2(N)COC(C)(C)OC2)nc1. The molecule has 2 heterocycles. The van der Waals surface area contributed by atoms with Crippen LogP contribution in [0.2, 0.25) is 0 Å². The number of nitrogens with two attached hydrogens (primary N) is 1. The molecule has 1 aliphatic heterocycles.